The highest BCUT2D eigenvalue weighted by molar-refractivity contribution is 5.97. The first-order chi connectivity index (χ1) is 7.82. The van der Waals surface area contributed by atoms with E-state index >= 15 is 0 Å². The molecule has 0 amide bonds. The van der Waals surface area contributed by atoms with Crippen molar-refractivity contribution in [1.29, 1.82) is 0 Å². The zero-order valence-electron chi connectivity index (χ0n) is 9.11. The van der Waals surface area contributed by atoms with Gasteiger partial charge in [0.25, 0.3) is 0 Å². The molecule has 0 aromatic heterocycles. The summed E-state index contributed by atoms with van der Waals surface area (Å²) in [6.07, 6.45) is -0.118. The number of rotatable bonds is 4. The van der Waals surface area contributed by atoms with Crippen LogP contribution in [-0.2, 0) is 11.2 Å². The van der Waals surface area contributed by atoms with Crippen LogP contribution in [0.1, 0.15) is 22.8 Å². The summed E-state index contributed by atoms with van der Waals surface area (Å²) in [7, 11) is 0. The van der Waals surface area contributed by atoms with E-state index in [2.05, 4.69) is 0 Å². The number of benzene rings is 1. The summed E-state index contributed by atoms with van der Waals surface area (Å²) in [4.78, 5) is 21.7. The van der Waals surface area contributed by atoms with Crippen LogP contribution in [0.3, 0.4) is 0 Å². The number of Topliss-reactive ketones (excluding diaryl/α,β-unsaturated/α-hetero) is 1. The van der Waals surface area contributed by atoms with E-state index < -0.39 is 29.4 Å². The number of nitrogens with two attached hydrogens (primary N) is 1. The second-order valence-corrected chi connectivity index (χ2v) is 3.68. The summed E-state index contributed by atoms with van der Waals surface area (Å²) in [6, 6.07) is 1.02. The number of hydrogen-bond donors (Lipinski definition) is 3. The van der Waals surface area contributed by atoms with Crippen molar-refractivity contribution in [2.24, 2.45) is 5.73 Å². The number of aromatic hydroxyl groups is 1. The summed E-state index contributed by atoms with van der Waals surface area (Å²) in [6.45, 7) is 1.18. The molecule has 0 aliphatic rings. The summed E-state index contributed by atoms with van der Waals surface area (Å²) in [5.41, 5.74) is 5.36. The lowest BCUT2D eigenvalue weighted by molar-refractivity contribution is -0.138. The first-order valence-electron chi connectivity index (χ1n) is 4.83. The molecule has 1 rings (SSSR count). The van der Waals surface area contributed by atoms with E-state index in [0.29, 0.717) is 0 Å². The third-order valence-corrected chi connectivity index (χ3v) is 2.28. The Labute approximate surface area is 96.7 Å². The molecule has 0 saturated heterocycles. The molecule has 0 heterocycles. The molecular formula is C11H12FNO4. The number of phenolic OH excluding ortho intramolecular Hbond substituents is 1. The van der Waals surface area contributed by atoms with Crippen molar-refractivity contribution in [3.05, 3.63) is 29.1 Å². The van der Waals surface area contributed by atoms with E-state index in [1.165, 1.54) is 13.0 Å². The zero-order valence-corrected chi connectivity index (χ0v) is 9.11. The Kier molecular flexibility index (Phi) is 3.80. The fourth-order valence-electron chi connectivity index (χ4n) is 1.38. The predicted octanol–water partition coefficient (Wildman–Crippen LogP) is 0.688. The zero-order chi connectivity index (χ0) is 13.2. The maximum Gasteiger partial charge on any atom is 0.320 e. The van der Waals surface area contributed by atoms with E-state index in [1.54, 1.807) is 0 Å². The first-order valence-corrected chi connectivity index (χ1v) is 4.83. The van der Waals surface area contributed by atoms with Crippen LogP contribution in [0.15, 0.2) is 12.1 Å². The lowest BCUT2D eigenvalue weighted by atomic mass is 10.0. The molecule has 1 aromatic rings. The van der Waals surface area contributed by atoms with Gasteiger partial charge in [-0.1, -0.05) is 0 Å². The number of aliphatic carboxylic acids is 1. The van der Waals surface area contributed by atoms with Crippen LogP contribution < -0.4 is 5.73 Å². The Morgan fingerprint density at radius 1 is 1.47 bits per heavy atom. The number of hydrogen-bond acceptors (Lipinski definition) is 4. The van der Waals surface area contributed by atoms with Gasteiger partial charge in [-0.2, -0.15) is 0 Å². The molecule has 0 bridgehead atoms. The molecule has 17 heavy (non-hydrogen) atoms. The van der Waals surface area contributed by atoms with Gasteiger partial charge in [0, 0.05) is 0 Å². The Morgan fingerprint density at radius 2 is 2.06 bits per heavy atom. The minimum atomic E-state index is -1.22. The smallest absolute Gasteiger partial charge is 0.320 e. The highest BCUT2D eigenvalue weighted by atomic mass is 19.1. The van der Waals surface area contributed by atoms with E-state index in [1.807, 2.05) is 0 Å². The van der Waals surface area contributed by atoms with E-state index in [4.69, 9.17) is 10.8 Å². The van der Waals surface area contributed by atoms with Crippen LogP contribution >= 0.6 is 0 Å². The molecule has 0 saturated carbocycles. The fourth-order valence-corrected chi connectivity index (χ4v) is 1.38. The van der Waals surface area contributed by atoms with Gasteiger partial charge in [-0.25, -0.2) is 4.39 Å². The summed E-state index contributed by atoms with van der Waals surface area (Å²) >= 11 is 0. The lowest BCUT2D eigenvalue weighted by Crippen LogP contribution is -2.32. The topological polar surface area (TPSA) is 101 Å². The Morgan fingerprint density at radius 3 is 2.53 bits per heavy atom. The molecule has 0 aliphatic heterocycles. The number of halogens is 1. The van der Waals surface area contributed by atoms with Crippen molar-refractivity contribution in [2.75, 3.05) is 0 Å². The monoisotopic (exact) mass is 241 g/mol. The lowest BCUT2D eigenvalue weighted by Gasteiger charge is -2.09. The van der Waals surface area contributed by atoms with Crippen molar-refractivity contribution in [1.82, 2.24) is 0 Å². The van der Waals surface area contributed by atoms with Gasteiger partial charge in [-0.15, -0.1) is 0 Å². The maximum atomic E-state index is 13.3. The Hall–Kier alpha value is -1.95. The van der Waals surface area contributed by atoms with Crippen LogP contribution in [0.4, 0.5) is 4.39 Å². The maximum absolute atomic E-state index is 13.3. The molecule has 1 atom stereocenters. The number of carbonyl (C=O) groups is 2. The van der Waals surface area contributed by atoms with E-state index in [-0.39, 0.29) is 17.5 Å². The predicted molar refractivity (Wildman–Crippen MR) is 57.4 cm³/mol. The van der Waals surface area contributed by atoms with Crippen LogP contribution in [0.5, 0.6) is 5.75 Å². The average molecular weight is 241 g/mol. The minimum absolute atomic E-state index is 0.118. The van der Waals surface area contributed by atoms with Crippen LogP contribution in [0.25, 0.3) is 0 Å². The number of phenols is 1. The molecular weight excluding hydrogens is 229 g/mol. The molecule has 1 aromatic carbocycles. The van der Waals surface area contributed by atoms with Crippen LogP contribution in [0.2, 0.25) is 0 Å². The third kappa shape index (κ3) is 3.01. The van der Waals surface area contributed by atoms with Gasteiger partial charge in [0.2, 0.25) is 0 Å². The van der Waals surface area contributed by atoms with E-state index in [9.17, 15) is 19.1 Å². The van der Waals surface area contributed by atoms with Gasteiger partial charge < -0.3 is 15.9 Å². The largest absolute Gasteiger partial charge is 0.504 e. The van der Waals surface area contributed by atoms with Gasteiger partial charge in [0.05, 0.1) is 5.56 Å². The quantitative estimate of drug-likeness (QED) is 0.673. The number of carbonyl (C=O) groups excluding carboxylic acids is 1. The first kappa shape index (κ1) is 13.1. The van der Waals surface area contributed by atoms with Crippen molar-refractivity contribution in [3.8, 4) is 5.75 Å². The fraction of sp³-hybridized carbons (Fsp3) is 0.273. The van der Waals surface area contributed by atoms with Crippen LogP contribution in [-0.4, -0.2) is 28.0 Å². The Balaban J connectivity index is 3.11. The van der Waals surface area contributed by atoms with Crippen molar-refractivity contribution in [2.45, 2.75) is 19.4 Å². The van der Waals surface area contributed by atoms with Crippen molar-refractivity contribution >= 4 is 11.8 Å². The van der Waals surface area contributed by atoms with Crippen molar-refractivity contribution in [3.63, 3.8) is 0 Å². The molecule has 1 unspecified atom stereocenters. The van der Waals surface area contributed by atoms with Crippen molar-refractivity contribution < 1.29 is 24.2 Å². The molecule has 6 heteroatoms. The molecule has 0 aliphatic carbocycles. The van der Waals surface area contributed by atoms with Gasteiger partial charge in [-0.05, 0) is 31.0 Å². The highest BCUT2D eigenvalue weighted by Gasteiger charge is 2.17. The van der Waals surface area contributed by atoms with Gasteiger partial charge in [0.1, 0.15) is 6.04 Å². The Bertz CT molecular complexity index is 473. The summed E-state index contributed by atoms with van der Waals surface area (Å²) < 4.78 is 13.3. The normalized spacial score (nSPS) is 12.2. The second-order valence-electron chi connectivity index (χ2n) is 3.68. The van der Waals surface area contributed by atoms with E-state index in [0.717, 1.165) is 6.07 Å². The van der Waals surface area contributed by atoms with Gasteiger partial charge >= 0.3 is 5.97 Å². The highest BCUT2D eigenvalue weighted by Crippen LogP contribution is 2.24. The number of ketones is 1. The number of carboxylic acids is 1. The molecule has 0 radical (unpaired) electrons. The molecule has 0 spiro atoms. The standard InChI is InChI=1S/C11H12FNO4/c1-5(14)7-2-6(3-8(12)10(7)15)4-9(13)11(16)17/h2-3,9,15H,4,13H2,1H3,(H,16,17). The second kappa shape index (κ2) is 4.92. The van der Waals surface area contributed by atoms with Gasteiger partial charge in [0.15, 0.2) is 17.3 Å². The van der Waals surface area contributed by atoms with Gasteiger partial charge in [-0.3, -0.25) is 9.59 Å². The molecule has 4 N–H and O–H groups in total. The molecule has 0 fully saturated rings. The summed E-state index contributed by atoms with van der Waals surface area (Å²) in [5.74, 6) is -3.43. The number of carboxylic acid groups (broad SMARTS) is 1. The van der Waals surface area contributed by atoms with Crippen LogP contribution in [0, 0.1) is 5.82 Å². The minimum Gasteiger partial charge on any atom is -0.504 e. The molecule has 92 valence electrons. The summed E-state index contributed by atoms with van der Waals surface area (Å²) in [5, 5.41) is 17.9. The third-order valence-electron chi connectivity index (χ3n) is 2.28. The average Bonchev–Trinajstić information content (AvgIpc) is 2.22. The SMILES string of the molecule is CC(=O)c1cc(CC(N)C(=O)O)cc(F)c1O. The molecule has 5 nitrogen and oxygen atoms in total.